The van der Waals surface area contributed by atoms with Crippen LogP contribution in [0, 0.1) is 10.1 Å². The Bertz CT molecular complexity index is 1310. The summed E-state index contributed by atoms with van der Waals surface area (Å²) >= 11 is 9.20. The molecule has 2 aromatic heterocycles. The number of nitrogens with zero attached hydrogens (tertiary/aromatic N) is 3. The molecule has 164 valence electrons. The molecular formula is C24H17BrN4O3S. The average Bonchev–Trinajstić information content (AvgIpc) is 3.45. The fourth-order valence-corrected chi connectivity index (χ4v) is 4.55. The molecule has 1 N–H and O–H groups in total. The molecule has 0 saturated carbocycles. The molecular weight excluding hydrogens is 504 g/mol. The van der Waals surface area contributed by atoms with E-state index in [1.165, 1.54) is 12.1 Å². The number of halogens is 1. The molecule has 1 aliphatic rings. The van der Waals surface area contributed by atoms with Crippen molar-refractivity contribution in [3.05, 3.63) is 111 Å². The zero-order valence-electron chi connectivity index (χ0n) is 17.1. The lowest BCUT2D eigenvalue weighted by molar-refractivity contribution is -0.384. The van der Waals surface area contributed by atoms with Crippen molar-refractivity contribution in [3.63, 3.8) is 0 Å². The summed E-state index contributed by atoms with van der Waals surface area (Å²) in [5.74, 6) is 1.32. The number of non-ortho nitro benzene ring substituents is 1. The summed E-state index contributed by atoms with van der Waals surface area (Å²) in [4.78, 5) is 17.1. The Kier molecular flexibility index (Phi) is 5.65. The summed E-state index contributed by atoms with van der Waals surface area (Å²) in [6, 6.07) is 23.3. The number of nitro benzene ring substituents is 1. The summed E-state index contributed by atoms with van der Waals surface area (Å²) in [5.41, 5.74) is 2.56. The summed E-state index contributed by atoms with van der Waals surface area (Å²) in [5, 5.41) is 14.9. The minimum Gasteiger partial charge on any atom is -0.459 e. The van der Waals surface area contributed by atoms with Crippen LogP contribution in [0.4, 0.5) is 11.4 Å². The van der Waals surface area contributed by atoms with Gasteiger partial charge >= 0.3 is 0 Å². The van der Waals surface area contributed by atoms with Gasteiger partial charge in [0.1, 0.15) is 17.6 Å². The first-order chi connectivity index (χ1) is 16.0. The van der Waals surface area contributed by atoms with E-state index in [1.807, 2.05) is 59.5 Å². The van der Waals surface area contributed by atoms with Gasteiger partial charge in [-0.3, -0.25) is 15.1 Å². The van der Waals surface area contributed by atoms with E-state index >= 15 is 0 Å². The molecule has 3 heterocycles. The van der Waals surface area contributed by atoms with Gasteiger partial charge < -0.3 is 14.6 Å². The monoisotopic (exact) mass is 520 g/mol. The molecule has 1 fully saturated rings. The number of aromatic nitrogens is 1. The average molecular weight is 521 g/mol. The smallest absolute Gasteiger partial charge is 0.269 e. The quantitative estimate of drug-likeness (QED) is 0.191. The fraction of sp³-hybridized carbons (Fsp3) is 0.0833. The number of benzene rings is 2. The number of furan rings is 1. The number of thiocarbonyl (C=S) groups is 1. The van der Waals surface area contributed by atoms with E-state index in [2.05, 4.69) is 26.2 Å². The summed E-state index contributed by atoms with van der Waals surface area (Å²) in [7, 11) is 0. The normalized spacial score (nSPS) is 17.7. The summed E-state index contributed by atoms with van der Waals surface area (Å²) in [6.07, 6.45) is 1.75. The predicted molar refractivity (Wildman–Crippen MR) is 133 cm³/mol. The molecule has 0 amide bonds. The lowest BCUT2D eigenvalue weighted by atomic mass is 10.0. The highest BCUT2D eigenvalue weighted by atomic mass is 79.9. The molecule has 33 heavy (non-hydrogen) atoms. The number of rotatable bonds is 5. The van der Waals surface area contributed by atoms with Crippen molar-refractivity contribution in [2.45, 2.75) is 12.1 Å². The van der Waals surface area contributed by atoms with Gasteiger partial charge in [-0.25, -0.2) is 0 Å². The van der Waals surface area contributed by atoms with E-state index in [1.54, 1.807) is 18.3 Å². The van der Waals surface area contributed by atoms with Crippen LogP contribution in [0.15, 0.2) is 93.9 Å². The Hall–Kier alpha value is -3.56. The first-order valence-corrected chi connectivity index (χ1v) is 11.3. The first-order valence-electron chi connectivity index (χ1n) is 10.1. The number of hydrogen-bond acceptors (Lipinski definition) is 5. The van der Waals surface area contributed by atoms with Gasteiger partial charge in [-0.1, -0.05) is 22.0 Å². The van der Waals surface area contributed by atoms with Crippen LogP contribution in [-0.4, -0.2) is 15.0 Å². The Morgan fingerprint density at radius 3 is 2.45 bits per heavy atom. The number of nitrogens with one attached hydrogen (secondary N) is 1. The van der Waals surface area contributed by atoms with Gasteiger partial charge in [0.15, 0.2) is 5.11 Å². The van der Waals surface area contributed by atoms with Crippen LogP contribution in [0.5, 0.6) is 0 Å². The highest BCUT2D eigenvalue weighted by Crippen LogP contribution is 2.43. The second-order valence-corrected chi connectivity index (χ2v) is 8.78. The van der Waals surface area contributed by atoms with Crippen molar-refractivity contribution in [2.75, 3.05) is 4.90 Å². The van der Waals surface area contributed by atoms with Gasteiger partial charge in [-0.05, 0) is 72.9 Å². The summed E-state index contributed by atoms with van der Waals surface area (Å²) in [6.45, 7) is 0. The van der Waals surface area contributed by atoms with Crippen molar-refractivity contribution in [1.29, 1.82) is 0 Å². The van der Waals surface area contributed by atoms with Gasteiger partial charge in [0.25, 0.3) is 5.69 Å². The third kappa shape index (κ3) is 4.12. The Morgan fingerprint density at radius 2 is 1.79 bits per heavy atom. The van der Waals surface area contributed by atoms with E-state index in [0.29, 0.717) is 16.6 Å². The highest BCUT2D eigenvalue weighted by molar-refractivity contribution is 9.10. The molecule has 0 aliphatic carbocycles. The molecule has 7 nitrogen and oxygen atoms in total. The molecule has 0 radical (unpaired) electrons. The van der Waals surface area contributed by atoms with Crippen molar-refractivity contribution < 1.29 is 9.34 Å². The second-order valence-electron chi connectivity index (χ2n) is 7.48. The number of hydrogen-bond donors (Lipinski definition) is 1. The standard InChI is InChI=1S/C24H17BrN4O3S/c25-16-6-10-17(11-7-16)28-23(22(27-24(28)33)19-3-1-2-14-26-19)21-13-12-20(32-21)15-4-8-18(9-5-15)29(30)31/h1-14,22-23H,(H,27,33). The van der Waals surface area contributed by atoms with E-state index in [4.69, 9.17) is 16.6 Å². The van der Waals surface area contributed by atoms with E-state index in [0.717, 1.165) is 21.4 Å². The molecule has 9 heteroatoms. The summed E-state index contributed by atoms with van der Waals surface area (Å²) < 4.78 is 7.25. The lowest BCUT2D eigenvalue weighted by Crippen LogP contribution is -2.29. The zero-order chi connectivity index (χ0) is 22.9. The third-order valence-electron chi connectivity index (χ3n) is 5.48. The minimum absolute atomic E-state index is 0.0347. The van der Waals surface area contributed by atoms with Crippen LogP contribution >= 0.6 is 28.1 Å². The largest absolute Gasteiger partial charge is 0.459 e. The predicted octanol–water partition coefficient (Wildman–Crippen LogP) is 6.19. The second kappa shape index (κ2) is 8.76. The number of anilines is 1. The Labute approximate surface area is 203 Å². The molecule has 1 saturated heterocycles. The van der Waals surface area contributed by atoms with Crippen molar-refractivity contribution >= 4 is 44.6 Å². The highest BCUT2D eigenvalue weighted by Gasteiger charge is 2.42. The van der Waals surface area contributed by atoms with E-state index in [-0.39, 0.29) is 17.8 Å². The molecule has 1 aliphatic heterocycles. The lowest BCUT2D eigenvalue weighted by Gasteiger charge is -2.26. The maximum absolute atomic E-state index is 11.0. The maximum Gasteiger partial charge on any atom is 0.269 e. The van der Waals surface area contributed by atoms with Crippen molar-refractivity contribution in [1.82, 2.24) is 10.3 Å². The first kappa shape index (κ1) is 21.3. The number of nitro groups is 1. The fourth-order valence-electron chi connectivity index (χ4n) is 3.94. The van der Waals surface area contributed by atoms with Crippen LogP contribution < -0.4 is 10.2 Å². The Balaban J connectivity index is 1.56. The van der Waals surface area contributed by atoms with Crippen LogP contribution in [0.2, 0.25) is 0 Å². The maximum atomic E-state index is 11.0. The van der Waals surface area contributed by atoms with Gasteiger partial charge in [-0.15, -0.1) is 0 Å². The zero-order valence-corrected chi connectivity index (χ0v) is 19.5. The molecule has 2 atom stereocenters. The van der Waals surface area contributed by atoms with Crippen LogP contribution in [-0.2, 0) is 0 Å². The van der Waals surface area contributed by atoms with Gasteiger partial charge in [-0.2, -0.15) is 0 Å². The third-order valence-corrected chi connectivity index (χ3v) is 6.33. The van der Waals surface area contributed by atoms with Gasteiger partial charge in [0, 0.05) is 34.1 Å². The molecule has 2 aromatic carbocycles. The number of pyridine rings is 1. The van der Waals surface area contributed by atoms with Crippen molar-refractivity contribution in [3.8, 4) is 11.3 Å². The van der Waals surface area contributed by atoms with Crippen molar-refractivity contribution in [2.24, 2.45) is 0 Å². The van der Waals surface area contributed by atoms with E-state index < -0.39 is 4.92 Å². The molecule has 2 unspecified atom stereocenters. The van der Waals surface area contributed by atoms with Crippen LogP contribution in [0.25, 0.3) is 11.3 Å². The minimum atomic E-state index is -0.421. The van der Waals surface area contributed by atoms with E-state index in [9.17, 15) is 10.1 Å². The molecule has 0 bridgehead atoms. The molecule has 4 aromatic rings. The molecule has 0 spiro atoms. The SMILES string of the molecule is O=[N+]([O-])c1ccc(-c2ccc(C3C(c4ccccn4)NC(=S)N3c3ccc(Br)cc3)o2)cc1. The Morgan fingerprint density at radius 1 is 1.03 bits per heavy atom. The van der Waals surface area contributed by atoms with Gasteiger partial charge in [0.05, 0.1) is 16.7 Å². The topological polar surface area (TPSA) is 84.4 Å². The van der Waals surface area contributed by atoms with Crippen LogP contribution in [0.1, 0.15) is 23.5 Å². The van der Waals surface area contributed by atoms with Gasteiger partial charge in [0.2, 0.25) is 0 Å². The molecule has 5 rings (SSSR count). The van der Waals surface area contributed by atoms with Crippen LogP contribution in [0.3, 0.4) is 0 Å².